The van der Waals surface area contributed by atoms with E-state index in [1.54, 1.807) is 11.3 Å². The van der Waals surface area contributed by atoms with Crippen LogP contribution in [0, 0.1) is 0 Å². The van der Waals surface area contributed by atoms with Crippen molar-refractivity contribution in [1.82, 2.24) is 9.97 Å². The van der Waals surface area contributed by atoms with Crippen LogP contribution in [0.2, 0.25) is 0 Å². The number of nitrogens with zero attached hydrogens (tertiary/aromatic N) is 2. The van der Waals surface area contributed by atoms with Crippen molar-refractivity contribution in [3.05, 3.63) is 16.8 Å². The van der Waals surface area contributed by atoms with Crippen LogP contribution in [-0.4, -0.2) is 27.6 Å². The Bertz CT molecular complexity index is 638. The minimum atomic E-state index is -0.885. The Labute approximate surface area is 114 Å². The van der Waals surface area contributed by atoms with Gasteiger partial charge in [-0.05, 0) is 30.7 Å². The molecule has 1 unspecified atom stereocenters. The van der Waals surface area contributed by atoms with Crippen molar-refractivity contribution in [2.45, 2.75) is 32.1 Å². The van der Waals surface area contributed by atoms with Gasteiger partial charge in [0.25, 0.3) is 0 Å². The second-order valence-corrected chi connectivity index (χ2v) is 5.97. The van der Waals surface area contributed by atoms with E-state index in [9.17, 15) is 4.79 Å². The number of aliphatic carboxylic acids is 1. The molecule has 0 spiro atoms. The normalized spacial score (nSPS) is 18.3. The molecule has 1 aliphatic rings. The second kappa shape index (κ2) is 4.77. The van der Waals surface area contributed by atoms with E-state index in [-0.39, 0.29) is 6.54 Å². The summed E-state index contributed by atoms with van der Waals surface area (Å²) in [5.74, 6) is 0.261. The molecule has 0 amide bonds. The molecule has 3 rings (SSSR count). The molecule has 0 radical (unpaired) electrons. The minimum absolute atomic E-state index is 0.120. The number of carboxylic acids is 1. The molecule has 2 aromatic rings. The Balaban J connectivity index is 2.12. The molecule has 19 heavy (non-hydrogen) atoms. The third-order valence-corrected chi connectivity index (χ3v) is 4.72. The highest BCUT2D eigenvalue weighted by molar-refractivity contribution is 7.19. The molecule has 0 saturated carbocycles. The van der Waals surface area contributed by atoms with Crippen LogP contribution in [0.15, 0.2) is 6.33 Å². The summed E-state index contributed by atoms with van der Waals surface area (Å²) in [6.07, 6.45) is 4.98. The number of fused-ring (bicyclic) bond motifs is 3. The Kier molecular flexibility index (Phi) is 3.10. The van der Waals surface area contributed by atoms with Gasteiger partial charge < -0.3 is 10.4 Å². The monoisotopic (exact) mass is 277 g/mol. The summed E-state index contributed by atoms with van der Waals surface area (Å²) < 4.78 is 0. The Morgan fingerprint density at radius 3 is 3.21 bits per heavy atom. The average Bonchev–Trinajstić information content (AvgIpc) is 2.76. The van der Waals surface area contributed by atoms with Gasteiger partial charge in [0.05, 0.1) is 5.39 Å². The lowest BCUT2D eigenvalue weighted by molar-refractivity contribution is -0.134. The zero-order valence-electron chi connectivity index (χ0n) is 10.6. The molecule has 100 valence electrons. The van der Waals surface area contributed by atoms with E-state index in [1.165, 1.54) is 29.6 Å². The van der Waals surface area contributed by atoms with Gasteiger partial charge in [0.1, 0.15) is 23.5 Å². The van der Waals surface area contributed by atoms with Crippen LogP contribution in [0.1, 0.15) is 36.1 Å². The van der Waals surface area contributed by atoms with E-state index in [1.807, 2.05) is 0 Å². The van der Waals surface area contributed by atoms with Gasteiger partial charge >= 0.3 is 5.97 Å². The molecule has 5 nitrogen and oxygen atoms in total. The summed E-state index contributed by atoms with van der Waals surface area (Å²) in [5, 5.41) is 12.7. The topological polar surface area (TPSA) is 75.1 Å². The highest BCUT2D eigenvalue weighted by Gasteiger charge is 2.24. The third-order valence-electron chi connectivity index (χ3n) is 3.54. The standard InChI is InChI=1S/C13H15N3O2S/c1-7-3-2-4-8-10(7)11-12(14-5-9(17)18)15-6-16-13(11)19-8/h6-7H,2-5H2,1H3,(H,17,18)(H,14,15,16). The predicted octanol–water partition coefficient (Wildman–Crippen LogP) is 2.63. The van der Waals surface area contributed by atoms with Crippen molar-refractivity contribution in [2.75, 3.05) is 11.9 Å². The number of carbonyl (C=O) groups is 1. The van der Waals surface area contributed by atoms with Crippen molar-refractivity contribution >= 4 is 33.3 Å². The molecule has 0 aromatic carbocycles. The largest absolute Gasteiger partial charge is 0.480 e. The molecule has 2 N–H and O–H groups in total. The second-order valence-electron chi connectivity index (χ2n) is 4.88. The van der Waals surface area contributed by atoms with Crippen LogP contribution in [0.5, 0.6) is 0 Å². The van der Waals surface area contributed by atoms with Gasteiger partial charge in [-0.2, -0.15) is 0 Å². The number of aromatic nitrogens is 2. The summed E-state index contributed by atoms with van der Waals surface area (Å²) in [7, 11) is 0. The number of hydrogen-bond donors (Lipinski definition) is 2. The van der Waals surface area contributed by atoms with E-state index in [2.05, 4.69) is 22.2 Å². The molecular weight excluding hydrogens is 262 g/mol. The number of anilines is 1. The minimum Gasteiger partial charge on any atom is -0.480 e. The summed E-state index contributed by atoms with van der Waals surface area (Å²) in [4.78, 5) is 21.6. The third kappa shape index (κ3) is 2.16. The van der Waals surface area contributed by atoms with Crippen molar-refractivity contribution in [3.8, 4) is 0 Å². The number of rotatable bonds is 3. The van der Waals surface area contributed by atoms with Gasteiger partial charge in [-0.1, -0.05) is 6.92 Å². The molecule has 0 bridgehead atoms. The maximum Gasteiger partial charge on any atom is 0.322 e. The Morgan fingerprint density at radius 1 is 1.58 bits per heavy atom. The molecular formula is C13H15N3O2S. The summed E-state index contributed by atoms with van der Waals surface area (Å²) in [6.45, 7) is 2.10. The average molecular weight is 277 g/mol. The Hall–Kier alpha value is -1.69. The first-order chi connectivity index (χ1) is 9.16. The van der Waals surface area contributed by atoms with E-state index < -0.39 is 5.97 Å². The lowest BCUT2D eigenvalue weighted by Gasteiger charge is -2.19. The Morgan fingerprint density at radius 2 is 2.42 bits per heavy atom. The SMILES string of the molecule is CC1CCCc2sc3ncnc(NCC(=O)O)c3c21. The number of aryl methyl sites for hydroxylation is 1. The smallest absolute Gasteiger partial charge is 0.322 e. The van der Waals surface area contributed by atoms with Gasteiger partial charge in [0.15, 0.2) is 0 Å². The fourth-order valence-corrected chi connectivity index (χ4v) is 4.02. The van der Waals surface area contributed by atoms with Crippen LogP contribution >= 0.6 is 11.3 Å². The molecule has 0 aliphatic heterocycles. The molecule has 1 aliphatic carbocycles. The zero-order chi connectivity index (χ0) is 13.4. The van der Waals surface area contributed by atoms with Gasteiger partial charge in [-0.25, -0.2) is 9.97 Å². The lowest BCUT2D eigenvalue weighted by Crippen LogP contribution is -2.14. The van der Waals surface area contributed by atoms with Crippen LogP contribution in [0.3, 0.4) is 0 Å². The van der Waals surface area contributed by atoms with Crippen LogP contribution in [0.4, 0.5) is 5.82 Å². The summed E-state index contributed by atoms with van der Waals surface area (Å²) >= 11 is 1.71. The fraction of sp³-hybridized carbons (Fsp3) is 0.462. The maximum absolute atomic E-state index is 10.7. The summed E-state index contributed by atoms with van der Waals surface area (Å²) in [6, 6.07) is 0. The van der Waals surface area contributed by atoms with Crippen LogP contribution < -0.4 is 5.32 Å². The summed E-state index contributed by atoms with van der Waals surface area (Å²) in [5.41, 5.74) is 1.32. The number of nitrogens with one attached hydrogen (secondary N) is 1. The molecule has 2 aromatic heterocycles. The highest BCUT2D eigenvalue weighted by Crippen LogP contribution is 2.43. The quantitative estimate of drug-likeness (QED) is 0.902. The van der Waals surface area contributed by atoms with Crippen molar-refractivity contribution in [1.29, 1.82) is 0 Å². The molecule has 2 heterocycles. The van der Waals surface area contributed by atoms with E-state index >= 15 is 0 Å². The number of thiophene rings is 1. The molecule has 0 saturated heterocycles. The van der Waals surface area contributed by atoms with Gasteiger partial charge in [-0.3, -0.25) is 4.79 Å². The van der Waals surface area contributed by atoms with E-state index in [0.29, 0.717) is 11.7 Å². The predicted molar refractivity (Wildman–Crippen MR) is 74.9 cm³/mol. The first-order valence-corrected chi connectivity index (χ1v) is 7.20. The van der Waals surface area contributed by atoms with Crippen molar-refractivity contribution in [2.24, 2.45) is 0 Å². The molecule has 1 atom stereocenters. The number of hydrogen-bond acceptors (Lipinski definition) is 5. The molecule has 6 heteroatoms. The highest BCUT2D eigenvalue weighted by atomic mass is 32.1. The van der Waals surface area contributed by atoms with Crippen molar-refractivity contribution < 1.29 is 9.90 Å². The van der Waals surface area contributed by atoms with Gasteiger partial charge in [0, 0.05) is 4.88 Å². The number of carboxylic acid groups (broad SMARTS) is 1. The van der Waals surface area contributed by atoms with E-state index in [0.717, 1.165) is 16.6 Å². The van der Waals surface area contributed by atoms with Crippen molar-refractivity contribution in [3.63, 3.8) is 0 Å². The fourth-order valence-electron chi connectivity index (χ4n) is 2.71. The van der Waals surface area contributed by atoms with Gasteiger partial charge in [-0.15, -0.1) is 11.3 Å². The maximum atomic E-state index is 10.7. The zero-order valence-corrected chi connectivity index (χ0v) is 11.5. The van der Waals surface area contributed by atoms with Gasteiger partial charge in [0.2, 0.25) is 0 Å². The first kappa shape index (κ1) is 12.3. The first-order valence-electron chi connectivity index (χ1n) is 6.38. The van der Waals surface area contributed by atoms with E-state index in [4.69, 9.17) is 5.11 Å². The lowest BCUT2D eigenvalue weighted by atomic mass is 9.87. The van der Waals surface area contributed by atoms with Crippen LogP contribution in [0.25, 0.3) is 10.2 Å². The molecule has 0 fully saturated rings. The van der Waals surface area contributed by atoms with Crippen LogP contribution in [-0.2, 0) is 11.2 Å².